The van der Waals surface area contributed by atoms with Gasteiger partial charge in [0.05, 0.1) is 29.5 Å². The molecule has 2 atom stereocenters. The number of carbonyl (C=O) groups is 2. The van der Waals surface area contributed by atoms with Gasteiger partial charge < -0.3 is 16.0 Å². The highest BCUT2D eigenvalue weighted by Gasteiger charge is 2.33. The van der Waals surface area contributed by atoms with Crippen molar-refractivity contribution in [1.82, 2.24) is 9.78 Å². The topological polar surface area (TPSA) is 93.2 Å². The number of primary amides is 1. The number of aryl methyl sites for hydroxylation is 2. The molecule has 0 saturated heterocycles. The lowest BCUT2D eigenvalue weighted by molar-refractivity contribution is -0.119. The van der Waals surface area contributed by atoms with E-state index in [-0.39, 0.29) is 30.3 Å². The normalized spacial score (nSPS) is 19.2. The van der Waals surface area contributed by atoms with Crippen molar-refractivity contribution in [3.8, 4) is 0 Å². The van der Waals surface area contributed by atoms with Gasteiger partial charge in [-0.3, -0.25) is 14.3 Å². The second-order valence-corrected chi connectivity index (χ2v) is 6.94. The zero-order valence-corrected chi connectivity index (χ0v) is 15.6. The van der Waals surface area contributed by atoms with Gasteiger partial charge in [-0.15, -0.1) is 0 Å². The van der Waals surface area contributed by atoms with Crippen LogP contribution in [0.3, 0.4) is 0 Å². The number of hydrogen-bond donors (Lipinski definition) is 2. The van der Waals surface area contributed by atoms with E-state index in [1.54, 1.807) is 4.68 Å². The van der Waals surface area contributed by atoms with Gasteiger partial charge in [0, 0.05) is 18.8 Å². The van der Waals surface area contributed by atoms with Gasteiger partial charge in [0.25, 0.3) is 0 Å². The molecule has 1 aliphatic rings. The third-order valence-corrected chi connectivity index (χ3v) is 5.16. The average molecular weight is 355 g/mol. The molecule has 2 aromatic rings. The average Bonchev–Trinajstić information content (AvgIpc) is 2.83. The fourth-order valence-electron chi connectivity index (χ4n) is 3.68. The van der Waals surface area contributed by atoms with Crippen molar-refractivity contribution in [2.24, 2.45) is 12.8 Å². The number of fused-ring (bicyclic) bond motifs is 1. The lowest BCUT2D eigenvalue weighted by Gasteiger charge is -2.39. The molecule has 138 valence electrons. The predicted molar refractivity (Wildman–Crippen MR) is 101 cm³/mol. The number of nitrogens with zero attached hydrogens (tertiary/aromatic N) is 3. The third kappa shape index (κ3) is 3.16. The lowest BCUT2D eigenvalue weighted by atomic mass is 9.85. The van der Waals surface area contributed by atoms with Crippen LogP contribution in [0.1, 0.15) is 36.2 Å². The van der Waals surface area contributed by atoms with Crippen LogP contribution in [0, 0.1) is 13.8 Å². The van der Waals surface area contributed by atoms with Crippen LogP contribution >= 0.6 is 0 Å². The molecule has 3 N–H and O–H groups in total. The molecule has 2 unspecified atom stereocenters. The van der Waals surface area contributed by atoms with Crippen LogP contribution in [0.4, 0.5) is 11.4 Å². The molecule has 1 aromatic carbocycles. The summed E-state index contributed by atoms with van der Waals surface area (Å²) in [5.74, 6) is -0.748. The van der Waals surface area contributed by atoms with Crippen LogP contribution in [0.5, 0.6) is 0 Å². The summed E-state index contributed by atoms with van der Waals surface area (Å²) in [7, 11) is 1.85. The number of carbonyl (C=O) groups excluding carboxylic acids is 2. The van der Waals surface area contributed by atoms with Crippen molar-refractivity contribution in [1.29, 1.82) is 0 Å². The van der Waals surface area contributed by atoms with Crippen LogP contribution in [0.2, 0.25) is 0 Å². The fraction of sp³-hybridized carbons (Fsp3) is 0.421. The van der Waals surface area contributed by atoms with Crippen LogP contribution in [0.15, 0.2) is 24.3 Å². The number of anilines is 2. The van der Waals surface area contributed by atoms with Gasteiger partial charge in [-0.05, 0) is 38.8 Å². The minimum atomic E-state index is -0.324. The van der Waals surface area contributed by atoms with E-state index in [1.165, 1.54) is 0 Å². The summed E-state index contributed by atoms with van der Waals surface area (Å²) in [5, 5.41) is 7.30. The summed E-state index contributed by atoms with van der Waals surface area (Å²) in [6.07, 6.45) is 0.602. The highest BCUT2D eigenvalue weighted by atomic mass is 16.2. The van der Waals surface area contributed by atoms with Crippen LogP contribution in [0.25, 0.3) is 0 Å². The number of aromatic nitrogens is 2. The Bertz CT molecular complexity index is 858. The summed E-state index contributed by atoms with van der Waals surface area (Å²) in [4.78, 5) is 26.5. The molecule has 2 amide bonds. The van der Waals surface area contributed by atoms with Crippen molar-refractivity contribution in [2.75, 3.05) is 16.8 Å². The summed E-state index contributed by atoms with van der Waals surface area (Å²) in [6, 6.07) is 7.69. The first-order valence-electron chi connectivity index (χ1n) is 8.74. The molecule has 1 aliphatic heterocycles. The van der Waals surface area contributed by atoms with Gasteiger partial charge in [0.2, 0.25) is 11.8 Å². The summed E-state index contributed by atoms with van der Waals surface area (Å²) in [6.45, 7) is 6.02. The van der Waals surface area contributed by atoms with E-state index in [1.807, 2.05) is 57.0 Å². The molecule has 26 heavy (non-hydrogen) atoms. The van der Waals surface area contributed by atoms with Crippen LogP contribution < -0.4 is 16.0 Å². The van der Waals surface area contributed by atoms with E-state index in [0.29, 0.717) is 6.42 Å². The van der Waals surface area contributed by atoms with E-state index in [9.17, 15) is 9.59 Å². The number of benzene rings is 1. The Morgan fingerprint density at radius 1 is 1.31 bits per heavy atom. The van der Waals surface area contributed by atoms with Gasteiger partial charge in [0.15, 0.2) is 0 Å². The Morgan fingerprint density at radius 3 is 2.62 bits per heavy atom. The Labute approximate surface area is 153 Å². The molecular weight excluding hydrogens is 330 g/mol. The Hall–Kier alpha value is -2.83. The van der Waals surface area contributed by atoms with Gasteiger partial charge >= 0.3 is 0 Å². The fourth-order valence-corrected chi connectivity index (χ4v) is 3.68. The largest absolute Gasteiger partial charge is 0.369 e. The molecule has 1 aromatic heterocycles. The zero-order valence-electron chi connectivity index (χ0n) is 15.6. The SMILES string of the molecule is Cc1nn(C)c(C)c1NC(=O)CN1c2ccccc2C(C(N)=O)CC1C. The molecule has 3 rings (SSSR count). The van der Waals surface area contributed by atoms with Crippen molar-refractivity contribution in [2.45, 2.75) is 39.2 Å². The first-order chi connectivity index (χ1) is 12.3. The number of nitrogens with one attached hydrogen (secondary N) is 1. The highest BCUT2D eigenvalue weighted by Crippen LogP contribution is 2.38. The maximum atomic E-state index is 12.7. The van der Waals surface area contributed by atoms with E-state index < -0.39 is 0 Å². The quantitative estimate of drug-likeness (QED) is 0.875. The van der Waals surface area contributed by atoms with Gasteiger partial charge in [-0.2, -0.15) is 5.10 Å². The lowest BCUT2D eigenvalue weighted by Crippen LogP contribution is -2.45. The van der Waals surface area contributed by atoms with E-state index in [2.05, 4.69) is 10.4 Å². The molecule has 0 spiro atoms. The van der Waals surface area contributed by atoms with Crippen LogP contribution in [-0.2, 0) is 16.6 Å². The van der Waals surface area contributed by atoms with Gasteiger partial charge in [0.1, 0.15) is 0 Å². The molecule has 0 fully saturated rings. The van der Waals surface area contributed by atoms with Crippen molar-refractivity contribution >= 4 is 23.2 Å². The Kier molecular flexibility index (Phi) is 4.71. The van der Waals surface area contributed by atoms with Crippen molar-refractivity contribution in [3.63, 3.8) is 0 Å². The van der Waals surface area contributed by atoms with E-state index in [0.717, 1.165) is 28.3 Å². The molecule has 7 nitrogen and oxygen atoms in total. The molecule has 0 bridgehead atoms. The number of nitrogens with two attached hydrogens (primary N) is 1. The maximum Gasteiger partial charge on any atom is 0.244 e. The van der Waals surface area contributed by atoms with E-state index >= 15 is 0 Å². The molecule has 0 saturated carbocycles. The van der Waals surface area contributed by atoms with Crippen LogP contribution in [-0.4, -0.2) is 34.2 Å². The predicted octanol–water partition coefficient (Wildman–Crippen LogP) is 1.84. The highest BCUT2D eigenvalue weighted by molar-refractivity contribution is 5.96. The van der Waals surface area contributed by atoms with E-state index in [4.69, 9.17) is 5.73 Å². The minimum absolute atomic E-state index is 0.0317. The molecule has 0 aliphatic carbocycles. The monoisotopic (exact) mass is 355 g/mol. The second kappa shape index (κ2) is 6.82. The smallest absolute Gasteiger partial charge is 0.244 e. The Morgan fingerprint density at radius 2 is 2.00 bits per heavy atom. The molecule has 7 heteroatoms. The van der Waals surface area contributed by atoms with Gasteiger partial charge in [-0.1, -0.05) is 18.2 Å². The summed E-state index contributed by atoms with van der Waals surface area (Å²) >= 11 is 0. The second-order valence-electron chi connectivity index (χ2n) is 6.94. The zero-order chi connectivity index (χ0) is 19.0. The number of amides is 2. The maximum absolute atomic E-state index is 12.7. The first kappa shape index (κ1) is 18.0. The summed E-state index contributed by atoms with van der Waals surface area (Å²) < 4.78 is 1.75. The minimum Gasteiger partial charge on any atom is -0.369 e. The third-order valence-electron chi connectivity index (χ3n) is 5.16. The number of para-hydroxylation sites is 1. The first-order valence-corrected chi connectivity index (χ1v) is 8.74. The number of rotatable bonds is 4. The molecular formula is C19H25N5O2. The Balaban J connectivity index is 1.83. The summed E-state index contributed by atoms with van der Waals surface area (Å²) in [5.41, 5.74) is 9.82. The molecule has 0 radical (unpaired) electrons. The molecule has 2 heterocycles. The van der Waals surface area contributed by atoms with Crippen molar-refractivity contribution in [3.05, 3.63) is 41.2 Å². The van der Waals surface area contributed by atoms with Crippen molar-refractivity contribution < 1.29 is 9.59 Å². The standard InChI is InChI=1S/C19H25N5O2/c1-11-9-15(19(20)26)14-7-5-6-8-16(14)24(11)10-17(25)21-18-12(2)22-23(4)13(18)3/h5-8,11,15H,9-10H2,1-4H3,(H2,20,26)(H,21,25). The van der Waals surface area contributed by atoms with Gasteiger partial charge in [-0.25, -0.2) is 0 Å². The number of hydrogen-bond acceptors (Lipinski definition) is 4.